The van der Waals surface area contributed by atoms with Gasteiger partial charge in [0.05, 0.1) is 0 Å². The second kappa shape index (κ2) is 8.29. The largest absolute Gasteiger partial charge is 0.432 e. The summed E-state index contributed by atoms with van der Waals surface area (Å²) in [4.78, 5) is 10.9. The van der Waals surface area contributed by atoms with Crippen LogP contribution in [0.15, 0.2) is 12.2 Å². The summed E-state index contributed by atoms with van der Waals surface area (Å²) in [6.45, 7) is 4.24. The van der Waals surface area contributed by atoms with E-state index in [4.69, 9.17) is 0 Å². The summed E-state index contributed by atoms with van der Waals surface area (Å²) in [5, 5.41) is 0. The molecule has 0 aliphatic rings. The lowest BCUT2D eigenvalue weighted by Crippen LogP contribution is -2.35. The zero-order valence-electron chi connectivity index (χ0n) is 11.6. The predicted octanol–water partition coefficient (Wildman–Crippen LogP) is 4.94. The number of unbranched alkanes of at least 4 members (excludes halogenated alkanes) is 3. The number of rotatable bonds is 9. The van der Waals surface area contributed by atoms with Gasteiger partial charge < -0.3 is 4.74 Å². The first kappa shape index (κ1) is 19.8. The topological polar surface area (TPSA) is 26.3 Å². The molecule has 0 N–H and O–H groups in total. The Hall–Kier alpha value is -1.21. The molecule has 2 nitrogen and oxygen atoms in total. The molecule has 1 atom stereocenters. The maximum Gasteiger partial charge on any atom is 0.432 e. The summed E-state index contributed by atoms with van der Waals surface area (Å²) in [5.74, 6) is -1.40. The Morgan fingerprint density at radius 1 is 1.10 bits per heavy atom. The van der Waals surface area contributed by atoms with Gasteiger partial charge in [-0.05, 0) is 19.8 Å². The van der Waals surface area contributed by atoms with Crippen LogP contribution in [0.3, 0.4) is 0 Å². The van der Waals surface area contributed by atoms with Gasteiger partial charge in [0.1, 0.15) is 0 Å². The van der Waals surface area contributed by atoms with E-state index in [-0.39, 0.29) is 31.3 Å². The number of esters is 1. The van der Waals surface area contributed by atoms with Crippen LogP contribution in [0.1, 0.15) is 45.4 Å². The molecule has 0 saturated heterocycles. The number of hydrogen-bond acceptors (Lipinski definition) is 2. The standard InChI is InChI=1S/C13H18F6O2/c1-9(2)11(20)21-13(18,19)10(14)7-5-3-4-6-8-12(15,16)17/h10H,1,3-8H2,2H3. The number of carbonyl (C=O) groups is 1. The fourth-order valence-electron chi connectivity index (χ4n) is 1.45. The van der Waals surface area contributed by atoms with E-state index in [2.05, 4.69) is 11.3 Å². The Balaban J connectivity index is 3.94. The Bertz CT molecular complexity index is 351. The third kappa shape index (κ3) is 9.36. The van der Waals surface area contributed by atoms with Crippen LogP contribution in [-0.2, 0) is 9.53 Å². The number of ether oxygens (including phenoxy) is 1. The van der Waals surface area contributed by atoms with Crippen molar-refractivity contribution < 1.29 is 35.9 Å². The number of hydrogen-bond donors (Lipinski definition) is 0. The van der Waals surface area contributed by atoms with Crippen molar-refractivity contribution in [2.45, 2.75) is 63.9 Å². The van der Waals surface area contributed by atoms with Crippen LogP contribution in [0.2, 0.25) is 0 Å². The monoisotopic (exact) mass is 320 g/mol. The lowest BCUT2D eigenvalue weighted by molar-refractivity contribution is -0.259. The van der Waals surface area contributed by atoms with E-state index in [1.807, 2.05) is 0 Å². The summed E-state index contributed by atoms with van der Waals surface area (Å²) < 4.78 is 78.7. The molecule has 0 aromatic heterocycles. The SMILES string of the molecule is C=C(C)C(=O)OC(F)(F)C(F)CCCCCCC(F)(F)F. The number of halogens is 6. The lowest BCUT2D eigenvalue weighted by Gasteiger charge is -2.20. The first-order valence-corrected chi connectivity index (χ1v) is 6.43. The molecule has 0 aliphatic carbocycles. The Morgan fingerprint density at radius 3 is 2.10 bits per heavy atom. The summed E-state index contributed by atoms with van der Waals surface area (Å²) in [7, 11) is 0. The maximum absolute atomic E-state index is 13.3. The van der Waals surface area contributed by atoms with E-state index >= 15 is 0 Å². The Kier molecular flexibility index (Phi) is 7.81. The lowest BCUT2D eigenvalue weighted by atomic mass is 10.1. The van der Waals surface area contributed by atoms with E-state index in [9.17, 15) is 31.1 Å². The van der Waals surface area contributed by atoms with Crippen molar-refractivity contribution in [2.24, 2.45) is 0 Å². The van der Waals surface area contributed by atoms with E-state index < -0.39 is 37.3 Å². The van der Waals surface area contributed by atoms with Crippen LogP contribution in [-0.4, -0.2) is 24.4 Å². The van der Waals surface area contributed by atoms with E-state index in [0.717, 1.165) is 6.92 Å². The molecule has 124 valence electrons. The molecule has 0 spiro atoms. The van der Waals surface area contributed by atoms with Gasteiger partial charge in [-0.3, -0.25) is 0 Å². The molecule has 0 radical (unpaired) electrons. The highest BCUT2D eigenvalue weighted by Crippen LogP contribution is 2.28. The Morgan fingerprint density at radius 2 is 1.62 bits per heavy atom. The summed E-state index contributed by atoms with van der Waals surface area (Å²) in [5.41, 5.74) is -0.283. The molecule has 21 heavy (non-hydrogen) atoms. The highest BCUT2D eigenvalue weighted by atomic mass is 19.4. The first-order valence-electron chi connectivity index (χ1n) is 6.43. The van der Waals surface area contributed by atoms with Crippen molar-refractivity contribution in [3.05, 3.63) is 12.2 Å². The van der Waals surface area contributed by atoms with Crippen molar-refractivity contribution >= 4 is 5.97 Å². The minimum atomic E-state index is -4.26. The average Bonchev–Trinajstić information content (AvgIpc) is 2.31. The summed E-state index contributed by atoms with van der Waals surface area (Å²) in [6, 6.07) is 0. The van der Waals surface area contributed by atoms with Crippen molar-refractivity contribution in [1.82, 2.24) is 0 Å². The fourth-order valence-corrected chi connectivity index (χ4v) is 1.45. The van der Waals surface area contributed by atoms with Gasteiger partial charge in [-0.1, -0.05) is 25.8 Å². The van der Waals surface area contributed by atoms with Crippen molar-refractivity contribution in [3.63, 3.8) is 0 Å². The quantitative estimate of drug-likeness (QED) is 0.260. The van der Waals surface area contributed by atoms with Crippen LogP contribution in [0.4, 0.5) is 26.3 Å². The third-order valence-electron chi connectivity index (χ3n) is 2.61. The predicted molar refractivity (Wildman–Crippen MR) is 64.5 cm³/mol. The van der Waals surface area contributed by atoms with Gasteiger partial charge in [0, 0.05) is 12.0 Å². The fraction of sp³-hybridized carbons (Fsp3) is 0.769. The van der Waals surface area contributed by atoms with Gasteiger partial charge in [0.25, 0.3) is 0 Å². The highest BCUT2D eigenvalue weighted by molar-refractivity contribution is 5.87. The van der Waals surface area contributed by atoms with E-state index in [1.54, 1.807) is 0 Å². The molecular weight excluding hydrogens is 302 g/mol. The van der Waals surface area contributed by atoms with E-state index in [1.165, 1.54) is 0 Å². The minimum Gasteiger partial charge on any atom is -0.395 e. The Labute approximate surface area is 119 Å². The molecule has 0 bridgehead atoms. The molecular formula is C13H18F6O2. The second-order valence-corrected chi connectivity index (χ2v) is 4.77. The van der Waals surface area contributed by atoms with Crippen molar-refractivity contribution in [2.75, 3.05) is 0 Å². The van der Waals surface area contributed by atoms with Crippen LogP contribution in [0.5, 0.6) is 0 Å². The van der Waals surface area contributed by atoms with Crippen LogP contribution < -0.4 is 0 Å². The molecule has 0 saturated carbocycles. The van der Waals surface area contributed by atoms with Crippen LogP contribution in [0.25, 0.3) is 0 Å². The molecule has 0 heterocycles. The normalized spacial score (nSPS) is 13.9. The molecule has 0 aromatic carbocycles. The zero-order chi connectivity index (χ0) is 16.7. The average molecular weight is 320 g/mol. The van der Waals surface area contributed by atoms with Crippen LogP contribution >= 0.6 is 0 Å². The second-order valence-electron chi connectivity index (χ2n) is 4.77. The molecule has 0 fully saturated rings. The smallest absolute Gasteiger partial charge is 0.395 e. The summed E-state index contributed by atoms with van der Waals surface area (Å²) >= 11 is 0. The minimum absolute atomic E-state index is 0.0146. The molecule has 0 aliphatic heterocycles. The summed E-state index contributed by atoms with van der Waals surface area (Å²) in [6.07, 6.45) is -12.5. The number of carbonyl (C=O) groups excluding carboxylic acids is 1. The molecule has 0 amide bonds. The third-order valence-corrected chi connectivity index (χ3v) is 2.61. The van der Waals surface area contributed by atoms with Crippen molar-refractivity contribution in [1.29, 1.82) is 0 Å². The van der Waals surface area contributed by atoms with Gasteiger partial charge >= 0.3 is 18.3 Å². The van der Waals surface area contributed by atoms with Gasteiger partial charge in [-0.25, -0.2) is 9.18 Å². The first-order chi connectivity index (χ1) is 9.46. The maximum atomic E-state index is 13.3. The van der Waals surface area contributed by atoms with Crippen LogP contribution in [0, 0.1) is 0 Å². The molecule has 1 unspecified atom stereocenters. The van der Waals surface area contributed by atoms with E-state index in [0.29, 0.717) is 0 Å². The van der Waals surface area contributed by atoms with Gasteiger partial charge in [0.2, 0.25) is 6.17 Å². The zero-order valence-corrected chi connectivity index (χ0v) is 11.6. The molecule has 0 rings (SSSR count). The van der Waals surface area contributed by atoms with Crippen molar-refractivity contribution in [3.8, 4) is 0 Å². The van der Waals surface area contributed by atoms with Gasteiger partial charge in [0.15, 0.2) is 0 Å². The van der Waals surface area contributed by atoms with Gasteiger partial charge in [-0.15, -0.1) is 0 Å². The van der Waals surface area contributed by atoms with Gasteiger partial charge in [-0.2, -0.15) is 22.0 Å². The molecule has 8 heteroatoms. The number of alkyl halides is 6. The highest BCUT2D eigenvalue weighted by Gasteiger charge is 2.44. The molecule has 0 aromatic rings.